The van der Waals surface area contributed by atoms with Crippen LogP contribution in [-0.2, 0) is 6.61 Å². The van der Waals surface area contributed by atoms with E-state index in [4.69, 9.17) is 4.74 Å². The predicted octanol–water partition coefficient (Wildman–Crippen LogP) is 3.28. The summed E-state index contributed by atoms with van der Waals surface area (Å²) in [6.45, 7) is 1.06. The molecule has 0 saturated heterocycles. The molecule has 1 fully saturated rings. The highest BCUT2D eigenvalue weighted by molar-refractivity contribution is 5.83. The van der Waals surface area contributed by atoms with E-state index in [1.54, 1.807) is 18.3 Å². The van der Waals surface area contributed by atoms with Gasteiger partial charge in [-0.3, -0.25) is 9.78 Å². The first-order chi connectivity index (χ1) is 13.3. The number of carbonyl (C=O) groups excluding carboxylic acids is 1. The van der Waals surface area contributed by atoms with Crippen LogP contribution < -0.4 is 10.2 Å². The summed E-state index contributed by atoms with van der Waals surface area (Å²) in [4.78, 5) is 15.9. The molecule has 0 atom stereocenters. The molecule has 0 spiro atoms. The van der Waals surface area contributed by atoms with Crippen molar-refractivity contribution in [3.63, 3.8) is 0 Å². The third-order valence-corrected chi connectivity index (χ3v) is 5.18. The summed E-state index contributed by atoms with van der Waals surface area (Å²) in [6, 6.07) is 9.18. The Labute approximate surface area is 158 Å². The molecule has 1 aliphatic carbocycles. The van der Waals surface area contributed by atoms with Crippen LogP contribution in [-0.4, -0.2) is 34.0 Å². The number of hydrogen-bond donors (Lipinski definition) is 2. The number of ether oxygens (including phenoxy) is 1. The molecule has 2 aliphatic rings. The second-order valence-electron chi connectivity index (χ2n) is 6.87. The zero-order chi connectivity index (χ0) is 18.6. The van der Waals surface area contributed by atoms with Gasteiger partial charge in [0.25, 0.3) is 0 Å². The van der Waals surface area contributed by atoms with Crippen molar-refractivity contribution in [1.29, 1.82) is 0 Å². The molecular formula is C21H23N3O3. The van der Waals surface area contributed by atoms with Gasteiger partial charge < -0.3 is 14.9 Å². The highest BCUT2D eigenvalue weighted by Gasteiger charge is 2.29. The minimum absolute atomic E-state index is 0.0796. The van der Waals surface area contributed by atoms with Crippen LogP contribution in [0.15, 0.2) is 42.6 Å². The van der Waals surface area contributed by atoms with Crippen molar-refractivity contribution in [3.05, 3.63) is 59.4 Å². The van der Waals surface area contributed by atoms with Crippen LogP contribution in [0.1, 0.15) is 47.3 Å². The van der Waals surface area contributed by atoms with Gasteiger partial charge in [-0.15, -0.1) is 0 Å². The molecule has 0 unspecified atom stereocenters. The van der Waals surface area contributed by atoms with E-state index in [1.165, 1.54) is 31.7 Å². The average Bonchev–Trinajstić information content (AvgIpc) is 3.38. The first-order valence-corrected chi connectivity index (χ1v) is 9.35. The van der Waals surface area contributed by atoms with Gasteiger partial charge in [-0.05, 0) is 37.1 Å². The third-order valence-electron chi connectivity index (χ3n) is 5.18. The van der Waals surface area contributed by atoms with Crippen LogP contribution >= 0.6 is 0 Å². The number of pyridine rings is 1. The lowest BCUT2D eigenvalue weighted by atomic mass is 10.1. The minimum atomic E-state index is -0.0796. The van der Waals surface area contributed by atoms with Gasteiger partial charge in [-0.25, -0.2) is 5.43 Å². The Bertz CT molecular complexity index is 860. The topological polar surface area (TPSA) is 74.7 Å². The molecule has 1 aromatic carbocycles. The number of hydrogen-bond acceptors (Lipinski definition) is 6. The molecule has 0 radical (unpaired) electrons. The van der Waals surface area contributed by atoms with Crippen LogP contribution in [0.4, 0.5) is 0 Å². The smallest absolute Gasteiger partial charge is 0.157 e. The maximum Gasteiger partial charge on any atom is 0.157 e. The van der Waals surface area contributed by atoms with Gasteiger partial charge in [0.1, 0.15) is 18.1 Å². The van der Waals surface area contributed by atoms with Gasteiger partial charge in [0.2, 0.25) is 0 Å². The zero-order valence-corrected chi connectivity index (χ0v) is 15.1. The van der Waals surface area contributed by atoms with Gasteiger partial charge >= 0.3 is 0 Å². The van der Waals surface area contributed by atoms with Gasteiger partial charge in [0, 0.05) is 24.3 Å². The molecule has 6 nitrogen and oxygen atoms in total. The van der Waals surface area contributed by atoms with E-state index in [1.807, 2.05) is 12.1 Å². The summed E-state index contributed by atoms with van der Waals surface area (Å²) in [5.41, 5.74) is 6.54. The first kappa shape index (κ1) is 17.5. The number of aromatic nitrogens is 1. The van der Waals surface area contributed by atoms with E-state index in [-0.39, 0.29) is 17.9 Å². The Hall–Kier alpha value is -2.86. The Morgan fingerprint density at radius 1 is 1.26 bits per heavy atom. The highest BCUT2D eigenvalue weighted by Crippen LogP contribution is 2.32. The number of aromatic hydroxyl groups is 1. The molecule has 27 heavy (non-hydrogen) atoms. The number of aldehydes is 1. The molecular weight excluding hydrogens is 342 g/mol. The Morgan fingerprint density at radius 3 is 2.93 bits per heavy atom. The van der Waals surface area contributed by atoms with Crippen molar-refractivity contribution in [2.75, 3.05) is 6.54 Å². The fourth-order valence-corrected chi connectivity index (χ4v) is 3.84. The summed E-state index contributed by atoms with van der Waals surface area (Å²) in [5.74, 6) is 0.287. The van der Waals surface area contributed by atoms with Crippen molar-refractivity contribution in [1.82, 2.24) is 15.4 Å². The van der Waals surface area contributed by atoms with E-state index < -0.39 is 0 Å². The Kier molecular flexibility index (Phi) is 5.07. The fraction of sp³-hybridized carbons (Fsp3) is 0.333. The molecule has 6 heteroatoms. The fourth-order valence-electron chi connectivity index (χ4n) is 3.84. The van der Waals surface area contributed by atoms with E-state index in [0.29, 0.717) is 18.1 Å². The number of nitrogens with zero attached hydrogens (tertiary/aromatic N) is 2. The van der Waals surface area contributed by atoms with E-state index in [9.17, 15) is 9.90 Å². The number of carbonyl (C=O) groups is 1. The van der Waals surface area contributed by atoms with Crippen LogP contribution in [0, 0.1) is 0 Å². The molecule has 2 heterocycles. The van der Waals surface area contributed by atoms with E-state index in [0.717, 1.165) is 23.5 Å². The number of benzene rings is 1. The van der Waals surface area contributed by atoms with Crippen molar-refractivity contribution in [2.45, 2.75) is 38.3 Å². The van der Waals surface area contributed by atoms with Gasteiger partial charge in [-0.2, -0.15) is 0 Å². The van der Waals surface area contributed by atoms with Gasteiger partial charge in [0.15, 0.2) is 6.29 Å². The predicted molar refractivity (Wildman–Crippen MR) is 102 cm³/mol. The first-order valence-electron chi connectivity index (χ1n) is 9.35. The number of hydrazine groups is 1. The van der Waals surface area contributed by atoms with E-state index >= 15 is 0 Å². The SMILES string of the molecule is O=Cc1c(O)cccc1OCc1cccnc1C1=CCNN1C1CCCC1. The Balaban J connectivity index is 1.57. The molecule has 1 aromatic heterocycles. The van der Waals surface area contributed by atoms with Crippen LogP contribution in [0.3, 0.4) is 0 Å². The molecule has 1 aliphatic heterocycles. The van der Waals surface area contributed by atoms with Crippen LogP contribution in [0.25, 0.3) is 5.70 Å². The summed E-state index contributed by atoms with van der Waals surface area (Å²) in [5, 5.41) is 12.1. The van der Waals surface area contributed by atoms with Gasteiger partial charge in [-0.1, -0.05) is 25.0 Å². The number of phenolic OH excluding ortho intramolecular Hbond substituents is 1. The second kappa shape index (κ2) is 7.80. The average molecular weight is 365 g/mol. The maximum atomic E-state index is 11.2. The lowest BCUT2D eigenvalue weighted by molar-refractivity contribution is 0.111. The van der Waals surface area contributed by atoms with Gasteiger partial charge in [0.05, 0.1) is 17.0 Å². The molecule has 4 rings (SSSR count). The normalized spacial score (nSPS) is 17.2. The van der Waals surface area contributed by atoms with E-state index in [2.05, 4.69) is 21.5 Å². The molecule has 0 amide bonds. The molecule has 140 valence electrons. The molecule has 0 bridgehead atoms. The van der Waals surface area contributed by atoms with Crippen LogP contribution in [0.5, 0.6) is 11.5 Å². The minimum Gasteiger partial charge on any atom is -0.507 e. The molecule has 2 N–H and O–H groups in total. The third kappa shape index (κ3) is 3.53. The lowest BCUT2D eigenvalue weighted by Gasteiger charge is -2.29. The maximum absolute atomic E-state index is 11.2. The molecule has 2 aromatic rings. The lowest BCUT2D eigenvalue weighted by Crippen LogP contribution is -2.39. The summed E-state index contributed by atoms with van der Waals surface area (Å²) >= 11 is 0. The summed E-state index contributed by atoms with van der Waals surface area (Å²) in [7, 11) is 0. The number of nitrogens with one attached hydrogen (secondary N) is 1. The Morgan fingerprint density at radius 2 is 2.11 bits per heavy atom. The van der Waals surface area contributed by atoms with Crippen molar-refractivity contribution < 1.29 is 14.6 Å². The number of rotatable bonds is 6. The highest BCUT2D eigenvalue weighted by atomic mass is 16.5. The monoisotopic (exact) mass is 365 g/mol. The number of phenols is 1. The summed E-state index contributed by atoms with van der Waals surface area (Å²) in [6.07, 6.45) is 9.47. The molecule has 1 saturated carbocycles. The standard InChI is InChI=1S/C21H23N3O3/c25-13-17-19(26)8-3-9-20(17)27-14-15-5-4-11-22-21(15)18-10-12-23-24(18)16-6-1-2-7-16/h3-5,8-11,13,16,23,26H,1-2,6-7,12,14H2. The largest absolute Gasteiger partial charge is 0.507 e. The summed E-state index contributed by atoms with van der Waals surface area (Å²) < 4.78 is 5.86. The second-order valence-corrected chi connectivity index (χ2v) is 6.87. The van der Waals surface area contributed by atoms with Crippen molar-refractivity contribution in [2.24, 2.45) is 0 Å². The van der Waals surface area contributed by atoms with Crippen molar-refractivity contribution >= 4 is 12.0 Å². The zero-order valence-electron chi connectivity index (χ0n) is 15.1. The van der Waals surface area contributed by atoms with Crippen molar-refractivity contribution in [3.8, 4) is 11.5 Å². The van der Waals surface area contributed by atoms with Crippen LogP contribution in [0.2, 0.25) is 0 Å². The quantitative estimate of drug-likeness (QED) is 0.765.